The van der Waals surface area contributed by atoms with E-state index in [1.807, 2.05) is 0 Å². The molecule has 0 spiro atoms. The van der Waals surface area contributed by atoms with Gasteiger partial charge in [-0.1, -0.05) is 0 Å². The molecule has 0 bridgehead atoms. The number of sulfonamides is 2. The molecule has 3 rings (SSSR count). The minimum atomic E-state index is -3.89. The van der Waals surface area contributed by atoms with E-state index in [9.17, 15) is 21.2 Å². The van der Waals surface area contributed by atoms with E-state index >= 15 is 0 Å². The molecule has 0 aliphatic carbocycles. The number of halogens is 1. The lowest BCUT2D eigenvalue weighted by atomic mass is 10.2. The van der Waals surface area contributed by atoms with E-state index in [0.717, 1.165) is 18.9 Å². The Labute approximate surface area is 152 Å². The molecule has 0 radical (unpaired) electrons. The lowest BCUT2D eigenvalue weighted by Gasteiger charge is -2.16. The zero-order valence-corrected chi connectivity index (χ0v) is 15.8. The van der Waals surface area contributed by atoms with E-state index in [1.165, 1.54) is 47.6 Å². The molecular weight excluding hydrogens is 379 g/mol. The molecule has 1 saturated heterocycles. The smallest absolute Gasteiger partial charge is 0.261 e. The van der Waals surface area contributed by atoms with Gasteiger partial charge in [0.05, 0.1) is 9.79 Å². The average Bonchev–Trinajstić information content (AvgIpc) is 3.13. The number of rotatable bonds is 5. The van der Waals surface area contributed by atoms with Gasteiger partial charge in [-0.25, -0.2) is 21.2 Å². The van der Waals surface area contributed by atoms with Gasteiger partial charge in [0.2, 0.25) is 10.0 Å². The van der Waals surface area contributed by atoms with Gasteiger partial charge >= 0.3 is 0 Å². The van der Waals surface area contributed by atoms with Gasteiger partial charge in [0.25, 0.3) is 10.0 Å². The molecule has 1 fully saturated rings. The first-order valence-electron chi connectivity index (χ1n) is 8.09. The summed E-state index contributed by atoms with van der Waals surface area (Å²) in [6.07, 6.45) is 1.68. The van der Waals surface area contributed by atoms with Crippen LogP contribution >= 0.6 is 0 Å². The van der Waals surface area contributed by atoms with Crippen LogP contribution in [-0.4, -0.2) is 34.2 Å². The highest BCUT2D eigenvalue weighted by Gasteiger charge is 2.27. The fraction of sp³-hybridized carbons (Fsp3) is 0.294. The summed E-state index contributed by atoms with van der Waals surface area (Å²) in [5, 5.41) is 0. The largest absolute Gasteiger partial charge is 0.280 e. The molecule has 0 atom stereocenters. The maximum atomic E-state index is 13.3. The van der Waals surface area contributed by atoms with Crippen LogP contribution in [0.5, 0.6) is 0 Å². The molecule has 0 aromatic heterocycles. The topological polar surface area (TPSA) is 83.5 Å². The normalized spacial score (nSPS) is 15.9. The van der Waals surface area contributed by atoms with Crippen LogP contribution in [0.4, 0.5) is 10.1 Å². The maximum Gasteiger partial charge on any atom is 0.261 e. The number of nitrogens with one attached hydrogen (secondary N) is 1. The van der Waals surface area contributed by atoms with Crippen LogP contribution < -0.4 is 4.72 Å². The fourth-order valence-corrected chi connectivity index (χ4v) is 5.43. The third-order valence-corrected chi connectivity index (χ3v) is 7.54. The fourth-order valence-electron chi connectivity index (χ4n) is 2.77. The average molecular weight is 398 g/mol. The van der Waals surface area contributed by atoms with Gasteiger partial charge in [0.1, 0.15) is 5.82 Å². The van der Waals surface area contributed by atoms with Crippen molar-refractivity contribution in [1.29, 1.82) is 0 Å². The molecular formula is C17H19FN2O4S2. The number of anilines is 1. The van der Waals surface area contributed by atoms with Crippen molar-refractivity contribution in [2.75, 3.05) is 17.8 Å². The number of hydrogen-bond acceptors (Lipinski definition) is 4. The van der Waals surface area contributed by atoms with Crippen molar-refractivity contribution >= 4 is 25.7 Å². The molecule has 1 aliphatic rings. The standard InChI is InChI=1S/C17H19FN2O4S2/c1-13-12-16(8-9-17(13)18)25(21,22)19-14-4-6-15(7-5-14)26(23,24)20-10-2-3-11-20/h4-9,12,19H,2-3,10-11H2,1H3. The second kappa shape index (κ2) is 6.98. The summed E-state index contributed by atoms with van der Waals surface area (Å²) in [5.74, 6) is -0.486. The Morgan fingerprint density at radius 2 is 1.50 bits per heavy atom. The number of hydrogen-bond donors (Lipinski definition) is 1. The molecule has 1 aliphatic heterocycles. The molecule has 140 valence electrons. The van der Waals surface area contributed by atoms with Gasteiger partial charge in [-0.05, 0) is 67.8 Å². The summed E-state index contributed by atoms with van der Waals surface area (Å²) in [4.78, 5) is 0.0603. The first-order valence-corrected chi connectivity index (χ1v) is 11.0. The van der Waals surface area contributed by atoms with Gasteiger partial charge in [0.15, 0.2) is 0 Å². The van der Waals surface area contributed by atoms with Gasteiger partial charge in [0, 0.05) is 18.8 Å². The van der Waals surface area contributed by atoms with Gasteiger partial charge in [-0.2, -0.15) is 4.31 Å². The summed E-state index contributed by atoms with van der Waals surface area (Å²) >= 11 is 0. The molecule has 2 aromatic carbocycles. The molecule has 6 nitrogen and oxygen atoms in total. The Hall–Kier alpha value is -1.97. The van der Waals surface area contributed by atoms with E-state index in [1.54, 1.807) is 0 Å². The predicted molar refractivity (Wildman–Crippen MR) is 96.4 cm³/mol. The van der Waals surface area contributed by atoms with Gasteiger partial charge < -0.3 is 0 Å². The van der Waals surface area contributed by atoms with Crippen molar-refractivity contribution in [3.63, 3.8) is 0 Å². The monoisotopic (exact) mass is 398 g/mol. The van der Waals surface area contributed by atoms with Crippen LogP contribution in [0.25, 0.3) is 0 Å². The van der Waals surface area contributed by atoms with Crippen LogP contribution in [0.1, 0.15) is 18.4 Å². The van der Waals surface area contributed by atoms with Crippen molar-refractivity contribution in [3.8, 4) is 0 Å². The predicted octanol–water partition coefficient (Wildman–Crippen LogP) is 2.72. The second-order valence-corrected chi connectivity index (χ2v) is 9.77. The third kappa shape index (κ3) is 3.74. The zero-order valence-electron chi connectivity index (χ0n) is 14.1. The van der Waals surface area contributed by atoms with Crippen molar-refractivity contribution in [2.45, 2.75) is 29.6 Å². The Morgan fingerprint density at radius 1 is 0.923 bits per heavy atom. The second-order valence-electron chi connectivity index (χ2n) is 6.15. The molecule has 0 unspecified atom stereocenters. The Kier molecular flexibility index (Phi) is 5.05. The maximum absolute atomic E-state index is 13.3. The lowest BCUT2D eigenvalue weighted by Crippen LogP contribution is -2.27. The summed E-state index contributed by atoms with van der Waals surface area (Å²) < 4.78 is 66.9. The molecule has 9 heteroatoms. The molecule has 2 aromatic rings. The van der Waals surface area contributed by atoms with Crippen LogP contribution in [-0.2, 0) is 20.0 Å². The number of aryl methyl sites for hydroxylation is 1. The highest BCUT2D eigenvalue weighted by atomic mass is 32.2. The molecule has 0 saturated carbocycles. The first kappa shape index (κ1) is 18.8. The quantitative estimate of drug-likeness (QED) is 0.839. The molecule has 1 heterocycles. The van der Waals surface area contributed by atoms with Crippen LogP contribution in [0, 0.1) is 12.7 Å². The van der Waals surface area contributed by atoms with Crippen molar-refractivity contribution in [1.82, 2.24) is 4.31 Å². The van der Waals surface area contributed by atoms with Crippen LogP contribution in [0.2, 0.25) is 0 Å². The first-order chi connectivity index (χ1) is 12.2. The van der Waals surface area contributed by atoms with Gasteiger partial charge in [-0.15, -0.1) is 0 Å². The SMILES string of the molecule is Cc1cc(S(=O)(=O)Nc2ccc(S(=O)(=O)N3CCCC3)cc2)ccc1F. The van der Waals surface area contributed by atoms with Crippen molar-refractivity contribution in [2.24, 2.45) is 0 Å². The van der Waals surface area contributed by atoms with Crippen LogP contribution in [0.3, 0.4) is 0 Å². The van der Waals surface area contributed by atoms with E-state index in [0.29, 0.717) is 13.1 Å². The van der Waals surface area contributed by atoms with Gasteiger partial charge in [-0.3, -0.25) is 4.72 Å². The molecule has 26 heavy (non-hydrogen) atoms. The highest BCUT2D eigenvalue weighted by Crippen LogP contribution is 2.24. The molecule has 1 N–H and O–H groups in total. The van der Waals surface area contributed by atoms with Crippen LogP contribution in [0.15, 0.2) is 52.3 Å². The van der Waals surface area contributed by atoms with Crippen molar-refractivity contribution in [3.05, 3.63) is 53.8 Å². The third-order valence-electron chi connectivity index (χ3n) is 4.25. The highest BCUT2D eigenvalue weighted by molar-refractivity contribution is 7.92. The number of benzene rings is 2. The zero-order chi connectivity index (χ0) is 18.9. The minimum Gasteiger partial charge on any atom is -0.280 e. The van der Waals surface area contributed by atoms with E-state index in [-0.39, 0.29) is 21.0 Å². The summed E-state index contributed by atoms with van der Waals surface area (Å²) in [6, 6.07) is 9.06. The Bertz CT molecular complexity index is 1010. The Morgan fingerprint density at radius 3 is 2.08 bits per heavy atom. The van der Waals surface area contributed by atoms with E-state index in [4.69, 9.17) is 0 Å². The van der Waals surface area contributed by atoms with E-state index in [2.05, 4.69) is 4.72 Å². The van der Waals surface area contributed by atoms with E-state index < -0.39 is 25.9 Å². The summed E-state index contributed by atoms with van der Waals surface area (Å²) in [7, 11) is -7.44. The summed E-state index contributed by atoms with van der Waals surface area (Å²) in [5.41, 5.74) is 0.451. The summed E-state index contributed by atoms with van der Waals surface area (Å²) in [6.45, 7) is 2.48. The van der Waals surface area contributed by atoms with Crippen molar-refractivity contribution < 1.29 is 21.2 Å². The lowest BCUT2D eigenvalue weighted by molar-refractivity contribution is 0.477. The number of nitrogens with zero attached hydrogens (tertiary/aromatic N) is 1. The Balaban J connectivity index is 1.81. The molecule has 0 amide bonds. The minimum absolute atomic E-state index is 0.0647.